The van der Waals surface area contributed by atoms with Gasteiger partial charge in [-0.1, -0.05) is 13.3 Å². The van der Waals surface area contributed by atoms with Gasteiger partial charge in [-0.15, -0.1) is 0 Å². The number of rotatable bonds is 7. The summed E-state index contributed by atoms with van der Waals surface area (Å²) in [5.41, 5.74) is 6.80. The molecule has 1 unspecified atom stereocenters. The maximum absolute atomic E-state index is 11.4. The van der Waals surface area contributed by atoms with Crippen molar-refractivity contribution in [2.24, 2.45) is 5.73 Å². The lowest BCUT2D eigenvalue weighted by Crippen LogP contribution is -2.32. The average Bonchev–Trinajstić information content (AvgIpc) is 2.70. The zero-order valence-corrected chi connectivity index (χ0v) is 9.70. The Kier molecular flexibility index (Phi) is 5.56. The molecule has 5 nitrogen and oxygen atoms in total. The van der Waals surface area contributed by atoms with Crippen LogP contribution in [0.5, 0.6) is 0 Å². The molecule has 0 aliphatic heterocycles. The normalized spacial score (nSPS) is 12.4. The first kappa shape index (κ1) is 12.7. The van der Waals surface area contributed by atoms with E-state index < -0.39 is 0 Å². The first-order chi connectivity index (χ1) is 7.72. The molecule has 16 heavy (non-hydrogen) atoms. The second-order valence-corrected chi connectivity index (χ2v) is 3.93. The van der Waals surface area contributed by atoms with Gasteiger partial charge in [-0.2, -0.15) is 0 Å². The van der Waals surface area contributed by atoms with Gasteiger partial charge in [0.05, 0.1) is 6.33 Å². The van der Waals surface area contributed by atoms with Crippen molar-refractivity contribution in [2.75, 3.05) is 6.54 Å². The second kappa shape index (κ2) is 7.00. The maximum Gasteiger partial charge on any atom is 0.221 e. The number of H-pyrrole nitrogens is 1. The summed E-state index contributed by atoms with van der Waals surface area (Å²) in [6, 6.07) is -0.0165. The van der Waals surface area contributed by atoms with Gasteiger partial charge in [0.2, 0.25) is 5.91 Å². The molecule has 0 bridgehead atoms. The summed E-state index contributed by atoms with van der Waals surface area (Å²) >= 11 is 0. The zero-order chi connectivity index (χ0) is 11.8. The number of aromatic amines is 1. The lowest BCUT2D eigenvalue weighted by molar-refractivity contribution is -0.121. The minimum absolute atomic E-state index is 0.0165. The predicted molar refractivity (Wildman–Crippen MR) is 62.8 cm³/mol. The Hall–Kier alpha value is -1.36. The molecule has 4 N–H and O–H groups in total. The molecule has 1 aromatic rings. The molecular weight excluding hydrogens is 204 g/mol. The molecule has 0 aromatic carbocycles. The summed E-state index contributed by atoms with van der Waals surface area (Å²) in [6.07, 6.45) is 6.49. The number of nitrogens with two attached hydrogens (primary N) is 1. The van der Waals surface area contributed by atoms with Gasteiger partial charge in [0.1, 0.15) is 0 Å². The fourth-order valence-electron chi connectivity index (χ4n) is 1.54. The van der Waals surface area contributed by atoms with E-state index in [1.165, 1.54) is 0 Å². The minimum Gasteiger partial charge on any atom is -0.356 e. The lowest BCUT2D eigenvalue weighted by atomic mass is 10.1. The Morgan fingerprint density at radius 2 is 2.50 bits per heavy atom. The fourth-order valence-corrected chi connectivity index (χ4v) is 1.54. The van der Waals surface area contributed by atoms with Crippen LogP contribution in [0, 0.1) is 0 Å². The van der Waals surface area contributed by atoms with E-state index in [2.05, 4.69) is 22.2 Å². The van der Waals surface area contributed by atoms with E-state index in [9.17, 15) is 4.79 Å². The van der Waals surface area contributed by atoms with Gasteiger partial charge in [0, 0.05) is 37.3 Å². The Balaban J connectivity index is 2.10. The molecule has 5 heteroatoms. The Morgan fingerprint density at radius 3 is 3.12 bits per heavy atom. The number of carbonyl (C=O) groups is 1. The van der Waals surface area contributed by atoms with Crippen LogP contribution in [0.1, 0.15) is 31.9 Å². The molecule has 0 radical (unpaired) electrons. The highest BCUT2D eigenvalue weighted by atomic mass is 16.1. The van der Waals surface area contributed by atoms with Crippen LogP contribution < -0.4 is 11.1 Å². The van der Waals surface area contributed by atoms with Crippen molar-refractivity contribution in [2.45, 2.75) is 38.6 Å². The van der Waals surface area contributed by atoms with Gasteiger partial charge in [-0.05, 0) is 6.42 Å². The smallest absolute Gasteiger partial charge is 0.221 e. The van der Waals surface area contributed by atoms with E-state index in [1.54, 1.807) is 12.5 Å². The van der Waals surface area contributed by atoms with Crippen LogP contribution in [0.2, 0.25) is 0 Å². The molecule has 1 amide bonds. The van der Waals surface area contributed by atoms with Crippen molar-refractivity contribution in [3.63, 3.8) is 0 Å². The molecule has 1 aromatic heterocycles. The number of hydrogen-bond acceptors (Lipinski definition) is 3. The molecular formula is C11H20N4O. The summed E-state index contributed by atoms with van der Waals surface area (Å²) < 4.78 is 0. The summed E-state index contributed by atoms with van der Waals surface area (Å²) in [6.45, 7) is 2.69. The summed E-state index contributed by atoms with van der Waals surface area (Å²) in [5, 5.41) is 2.84. The van der Waals surface area contributed by atoms with Gasteiger partial charge in [-0.3, -0.25) is 4.79 Å². The molecule has 0 fully saturated rings. The molecule has 0 saturated carbocycles. The van der Waals surface area contributed by atoms with Gasteiger partial charge < -0.3 is 16.0 Å². The molecule has 0 aliphatic rings. The summed E-state index contributed by atoms with van der Waals surface area (Å²) in [5.74, 6) is 0.0282. The maximum atomic E-state index is 11.4. The van der Waals surface area contributed by atoms with Crippen molar-refractivity contribution < 1.29 is 4.79 Å². The quantitative estimate of drug-likeness (QED) is 0.633. The SMILES string of the molecule is CCCC(N)CC(=O)NCCc1cnc[nH]1. The molecule has 0 spiro atoms. The average molecular weight is 224 g/mol. The van der Waals surface area contributed by atoms with Crippen LogP contribution >= 0.6 is 0 Å². The number of imidazole rings is 1. The zero-order valence-electron chi connectivity index (χ0n) is 9.70. The fraction of sp³-hybridized carbons (Fsp3) is 0.636. The van der Waals surface area contributed by atoms with Crippen molar-refractivity contribution in [1.29, 1.82) is 0 Å². The van der Waals surface area contributed by atoms with Gasteiger partial charge in [0.15, 0.2) is 0 Å². The van der Waals surface area contributed by atoms with Crippen molar-refractivity contribution in [3.8, 4) is 0 Å². The number of nitrogens with zero attached hydrogens (tertiary/aromatic N) is 1. The lowest BCUT2D eigenvalue weighted by Gasteiger charge is -2.10. The Morgan fingerprint density at radius 1 is 1.69 bits per heavy atom. The largest absolute Gasteiger partial charge is 0.356 e. The monoisotopic (exact) mass is 224 g/mol. The third kappa shape index (κ3) is 4.93. The molecule has 0 aliphatic carbocycles. The number of aromatic nitrogens is 2. The van der Waals surface area contributed by atoms with Crippen LogP contribution in [-0.2, 0) is 11.2 Å². The summed E-state index contributed by atoms with van der Waals surface area (Å²) in [7, 11) is 0. The number of hydrogen-bond donors (Lipinski definition) is 3. The summed E-state index contributed by atoms with van der Waals surface area (Å²) in [4.78, 5) is 18.3. The molecule has 1 heterocycles. The first-order valence-corrected chi connectivity index (χ1v) is 5.72. The van der Waals surface area contributed by atoms with Crippen LogP contribution in [0.4, 0.5) is 0 Å². The molecule has 90 valence electrons. The van der Waals surface area contributed by atoms with Crippen LogP contribution in [0.25, 0.3) is 0 Å². The van der Waals surface area contributed by atoms with E-state index >= 15 is 0 Å². The van der Waals surface area contributed by atoms with Gasteiger partial charge >= 0.3 is 0 Å². The van der Waals surface area contributed by atoms with Gasteiger partial charge in [0.25, 0.3) is 0 Å². The highest BCUT2D eigenvalue weighted by Gasteiger charge is 2.07. The van der Waals surface area contributed by atoms with Crippen molar-refractivity contribution in [3.05, 3.63) is 18.2 Å². The number of carbonyl (C=O) groups excluding carboxylic acids is 1. The predicted octanol–water partition coefficient (Wildman–Crippen LogP) is 0.586. The van der Waals surface area contributed by atoms with Crippen LogP contribution in [0.15, 0.2) is 12.5 Å². The molecule has 1 atom stereocenters. The van der Waals surface area contributed by atoms with E-state index in [4.69, 9.17) is 5.73 Å². The molecule has 0 saturated heterocycles. The number of nitrogens with one attached hydrogen (secondary N) is 2. The van der Waals surface area contributed by atoms with Gasteiger partial charge in [-0.25, -0.2) is 4.98 Å². The highest BCUT2D eigenvalue weighted by Crippen LogP contribution is 1.98. The van der Waals surface area contributed by atoms with Crippen molar-refractivity contribution in [1.82, 2.24) is 15.3 Å². The van der Waals surface area contributed by atoms with E-state index in [-0.39, 0.29) is 11.9 Å². The third-order valence-corrected chi connectivity index (χ3v) is 2.38. The third-order valence-electron chi connectivity index (χ3n) is 2.38. The Labute approximate surface area is 95.8 Å². The highest BCUT2D eigenvalue weighted by molar-refractivity contribution is 5.76. The van der Waals surface area contributed by atoms with Crippen LogP contribution in [-0.4, -0.2) is 28.5 Å². The molecule has 1 rings (SSSR count). The number of amides is 1. The minimum atomic E-state index is -0.0165. The van der Waals surface area contributed by atoms with E-state index in [0.717, 1.165) is 25.0 Å². The van der Waals surface area contributed by atoms with E-state index in [0.29, 0.717) is 13.0 Å². The van der Waals surface area contributed by atoms with E-state index in [1.807, 2.05) is 0 Å². The topological polar surface area (TPSA) is 83.8 Å². The first-order valence-electron chi connectivity index (χ1n) is 5.72. The van der Waals surface area contributed by atoms with Crippen molar-refractivity contribution >= 4 is 5.91 Å². The standard InChI is InChI=1S/C11H20N4O/c1-2-3-9(12)6-11(16)14-5-4-10-7-13-8-15-10/h7-9H,2-6,12H2,1H3,(H,13,15)(H,14,16). The second-order valence-electron chi connectivity index (χ2n) is 3.93. The van der Waals surface area contributed by atoms with Crippen LogP contribution in [0.3, 0.4) is 0 Å². The Bertz CT molecular complexity index is 297.